The molecule has 0 aliphatic carbocycles. The van der Waals surface area contributed by atoms with Crippen LogP contribution in [0.25, 0.3) is 11.3 Å². The Morgan fingerprint density at radius 1 is 1.18 bits per heavy atom. The van der Waals surface area contributed by atoms with Gasteiger partial charge in [0.15, 0.2) is 0 Å². The Morgan fingerprint density at radius 3 is 2.53 bits per heavy atom. The summed E-state index contributed by atoms with van der Waals surface area (Å²) in [7, 11) is 0. The summed E-state index contributed by atoms with van der Waals surface area (Å²) in [6.45, 7) is 7.33. The van der Waals surface area contributed by atoms with Crippen molar-refractivity contribution in [1.82, 2.24) is 10.3 Å². The van der Waals surface area contributed by atoms with E-state index in [4.69, 9.17) is 0 Å². The van der Waals surface area contributed by atoms with E-state index in [9.17, 15) is 0 Å². The van der Waals surface area contributed by atoms with E-state index >= 15 is 0 Å². The van der Waals surface area contributed by atoms with E-state index in [0.717, 1.165) is 17.2 Å². The predicted octanol–water partition coefficient (Wildman–Crippen LogP) is 3.70. The first-order valence-electron chi connectivity index (χ1n) is 5.79. The smallest absolute Gasteiger partial charge is 0.107 e. The molecule has 0 aliphatic rings. The summed E-state index contributed by atoms with van der Waals surface area (Å²) in [5, 5.41) is 6.71. The highest BCUT2D eigenvalue weighted by Crippen LogP contribution is 2.21. The molecule has 2 rings (SSSR count). The highest BCUT2D eigenvalue weighted by atomic mass is 32.1. The van der Waals surface area contributed by atoms with E-state index in [2.05, 4.69) is 48.6 Å². The number of rotatable bonds is 3. The molecule has 1 aromatic carbocycles. The SMILES string of the molecule is CC(C)(C)NCc1nc(-c2ccccc2)cs1. The molecule has 1 aromatic heterocycles. The van der Waals surface area contributed by atoms with Crippen molar-refractivity contribution in [2.24, 2.45) is 0 Å². The molecule has 0 fully saturated rings. The molecule has 3 heteroatoms. The Kier molecular flexibility index (Phi) is 3.60. The molecule has 0 unspecified atom stereocenters. The third-order valence-corrected chi connectivity index (χ3v) is 3.24. The summed E-state index contributed by atoms with van der Waals surface area (Å²) < 4.78 is 0. The van der Waals surface area contributed by atoms with Gasteiger partial charge in [-0.1, -0.05) is 30.3 Å². The van der Waals surface area contributed by atoms with Gasteiger partial charge < -0.3 is 5.32 Å². The summed E-state index contributed by atoms with van der Waals surface area (Å²) in [5.74, 6) is 0. The quantitative estimate of drug-likeness (QED) is 0.893. The first-order valence-corrected chi connectivity index (χ1v) is 6.67. The molecule has 0 spiro atoms. The number of aromatic nitrogens is 1. The fraction of sp³-hybridized carbons (Fsp3) is 0.357. The van der Waals surface area contributed by atoms with Gasteiger partial charge in [-0.2, -0.15) is 0 Å². The Labute approximate surface area is 107 Å². The third kappa shape index (κ3) is 3.65. The van der Waals surface area contributed by atoms with E-state index < -0.39 is 0 Å². The first kappa shape index (κ1) is 12.3. The van der Waals surface area contributed by atoms with Gasteiger partial charge in [0.1, 0.15) is 5.01 Å². The van der Waals surface area contributed by atoms with Crippen molar-refractivity contribution in [2.75, 3.05) is 0 Å². The monoisotopic (exact) mass is 246 g/mol. The normalized spacial score (nSPS) is 11.7. The maximum Gasteiger partial charge on any atom is 0.107 e. The fourth-order valence-corrected chi connectivity index (χ4v) is 2.22. The highest BCUT2D eigenvalue weighted by Gasteiger charge is 2.10. The van der Waals surface area contributed by atoms with Crippen LogP contribution in [0.5, 0.6) is 0 Å². The topological polar surface area (TPSA) is 24.9 Å². The predicted molar refractivity (Wildman–Crippen MR) is 74.1 cm³/mol. The van der Waals surface area contributed by atoms with Gasteiger partial charge in [-0.25, -0.2) is 4.98 Å². The molecule has 0 saturated heterocycles. The number of hydrogen-bond donors (Lipinski definition) is 1. The van der Waals surface area contributed by atoms with Crippen molar-refractivity contribution < 1.29 is 0 Å². The number of hydrogen-bond acceptors (Lipinski definition) is 3. The Bertz CT molecular complexity index is 468. The van der Waals surface area contributed by atoms with Crippen LogP contribution in [-0.4, -0.2) is 10.5 Å². The van der Waals surface area contributed by atoms with Gasteiger partial charge in [-0.05, 0) is 20.8 Å². The van der Waals surface area contributed by atoms with Crippen LogP contribution in [-0.2, 0) is 6.54 Å². The summed E-state index contributed by atoms with van der Waals surface area (Å²) in [4.78, 5) is 4.64. The molecule has 0 amide bonds. The fourth-order valence-electron chi connectivity index (χ4n) is 1.47. The van der Waals surface area contributed by atoms with Crippen molar-refractivity contribution >= 4 is 11.3 Å². The lowest BCUT2D eigenvalue weighted by Crippen LogP contribution is -2.34. The molecule has 0 bridgehead atoms. The number of thiazole rings is 1. The van der Waals surface area contributed by atoms with Crippen LogP contribution < -0.4 is 5.32 Å². The molecule has 0 aliphatic heterocycles. The lowest BCUT2D eigenvalue weighted by atomic mass is 10.1. The van der Waals surface area contributed by atoms with E-state index in [-0.39, 0.29) is 5.54 Å². The Hall–Kier alpha value is -1.19. The zero-order valence-corrected chi connectivity index (χ0v) is 11.3. The number of nitrogens with one attached hydrogen (secondary N) is 1. The zero-order valence-electron chi connectivity index (χ0n) is 10.5. The average Bonchev–Trinajstić information content (AvgIpc) is 2.75. The maximum atomic E-state index is 4.64. The lowest BCUT2D eigenvalue weighted by molar-refractivity contribution is 0.424. The average molecular weight is 246 g/mol. The molecule has 0 radical (unpaired) electrons. The lowest BCUT2D eigenvalue weighted by Gasteiger charge is -2.19. The van der Waals surface area contributed by atoms with Crippen LogP contribution in [0.2, 0.25) is 0 Å². The number of nitrogens with zero attached hydrogens (tertiary/aromatic N) is 1. The zero-order chi connectivity index (χ0) is 12.3. The second-order valence-electron chi connectivity index (χ2n) is 5.10. The molecule has 17 heavy (non-hydrogen) atoms. The molecule has 0 saturated carbocycles. The van der Waals surface area contributed by atoms with Gasteiger partial charge in [0.25, 0.3) is 0 Å². The van der Waals surface area contributed by atoms with Crippen LogP contribution in [0.15, 0.2) is 35.7 Å². The maximum absolute atomic E-state index is 4.64. The second-order valence-corrected chi connectivity index (χ2v) is 6.04. The molecule has 0 atom stereocenters. The van der Waals surface area contributed by atoms with Gasteiger partial charge in [-0.15, -0.1) is 11.3 Å². The van der Waals surface area contributed by atoms with Crippen LogP contribution in [0.3, 0.4) is 0 Å². The highest BCUT2D eigenvalue weighted by molar-refractivity contribution is 7.09. The van der Waals surface area contributed by atoms with Crippen molar-refractivity contribution in [3.05, 3.63) is 40.7 Å². The molecular formula is C14H18N2S. The van der Waals surface area contributed by atoms with Crippen LogP contribution in [0, 0.1) is 0 Å². The molecule has 2 nitrogen and oxygen atoms in total. The largest absolute Gasteiger partial charge is 0.306 e. The first-order chi connectivity index (χ1) is 8.04. The van der Waals surface area contributed by atoms with E-state index in [1.807, 2.05) is 18.2 Å². The third-order valence-electron chi connectivity index (χ3n) is 2.39. The van der Waals surface area contributed by atoms with Gasteiger partial charge in [-0.3, -0.25) is 0 Å². The Morgan fingerprint density at radius 2 is 1.88 bits per heavy atom. The van der Waals surface area contributed by atoms with Crippen molar-refractivity contribution in [2.45, 2.75) is 32.9 Å². The summed E-state index contributed by atoms with van der Waals surface area (Å²) in [6, 6.07) is 10.3. The van der Waals surface area contributed by atoms with Gasteiger partial charge >= 0.3 is 0 Å². The molecular weight excluding hydrogens is 228 g/mol. The standard InChI is InChI=1S/C14H18N2S/c1-14(2,3)15-9-13-16-12(10-17-13)11-7-5-4-6-8-11/h4-8,10,15H,9H2,1-3H3. The van der Waals surface area contributed by atoms with Crippen molar-refractivity contribution in [3.63, 3.8) is 0 Å². The minimum absolute atomic E-state index is 0.137. The van der Waals surface area contributed by atoms with Gasteiger partial charge in [0.05, 0.1) is 5.69 Å². The molecule has 1 heterocycles. The van der Waals surface area contributed by atoms with E-state index in [1.54, 1.807) is 11.3 Å². The van der Waals surface area contributed by atoms with Crippen LogP contribution in [0.4, 0.5) is 0 Å². The minimum atomic E-state index is 0.137. The van der Waals surface area contributed by atoms with Crippen molar-refractivity contribution in [1.29, 1.82) is 0 Å². The molecule has 2 aromatic rings. The Balaban J connectivity index is 2.07. The van der Waals surface area contributed by atoms with E-state index in [0.29, 0.717) is 0 Å². The number of benzene rings is 1. The van der Waals surface area contributed by atoms with Gasteiger partial charge in [0.2, 0.25) is 0 Å². The summed E-state index contributed by atoms with van der Waals surface area (Å²) >= 11 is 1.71. The molecule has 1 N–H and O–H groups in total. The van der Waals surface area contributed by atoms with Crippen molar-refractivity contribution in [3.8, 4) is 11.3 Å². The minimum Gasteiger partial charge on any atom is -0.306 e. The molecule has 90 valence electrons. The van der Waals surface area contributed by atoms with Crippen LogP contribution >= 0.6 is 11.3 Å². The summed E-state index contributed by atoms with van der Waals surface area (Å²) in [6.07, 6.45) is 0. The van der Waals surface area contributed by atoms with Gasteiger partial charge in [0, 0.05) is 23.0 Å². The van der Waals surface area contributed by atoms with Crippen LogP contribution in [0.1, 0.15) is 25.8 Å². The van der Waals surface area contributed by atoms with E-state index in [1.165, 1.54) is 5.56 Å². The second kappa shape index (κ2) is 4.98. The summed E-state index contributed by atoms with van der Waals surface area (Å²) in [5.41, 5.74) is 2.39.